The first-order chi connectivity index (χ1) is 5.11. The molecule has 1 aliphatic rings. The highest BCUT2D eigenvalue weighted by molar-refractivity contribution is 4.74. The van der Waals surface area contributed by atoms with E-state index in [9.17, 15) is 8.78 Å². The number of alkyl halides is 2. The van der Waals surface area contributed by atoms with Crippen LogP contribution in [0.15, 0.2) is 0 Å². The molecule has 0 aromatic heterocycles. The van der Waals surface area contributed by atoms with Crippen molar-refractivity contribution in [2.24, 2.45) is 11.8 Å². The number of hydrogen-bond donors (Lipinski definition) is 0. The van der Waals surface area contributed by atoms with Crippen molar-refractivity contribution in [1.82, 2.24) is 0 Å². The molecule has 66 valence electrons. The summed E-state index contributed by atoms with van der Waals surface area (Å²) in [6, 6.07) is 0. The highest BCUT2D eigenvalue weighted by atomic mass is 19.3. The van der Waals surface area contributed by atoms with Crippen molar-refractivity contribution in [1.29, 1.82) is 0 Å². The maximum Gasteiger partial charge on any atom is 0.264 e. The molecular formula is C8H14F2O. The van der Waals surface area contributed by atoms with Crippen molar-refractivity contribution < 1.29 is 13.5 Å². The SMILES string of the molecule is C[C@@H]1COC(C(F)F)C[C@@H]1C. The smallest absolute Gasteiger partial charge is 0.264 e. The summed E-state index contributed by atoms with van der Waals surface area (Å²) >= 11 is 0. The number of rotatable bonds is 1. The minimum Gasteiger partial charge on any atom is -0.372 e. The van der Waals surface area contributed by atoms with Crippen LogP contribution in [0, 0.1) is 11.8 Å². The van der Waals surface area contributed by atoms with Crippen molar-refractivity contribution >= 4 is 0 Å². The Balaban J connectivity index is 2.40. The van der Waals surface area contributed by atoms with E-state index in [1.165, 1.54) is 0 Å². The summed E-state index contributed by atoms with van der Waals surface area (Å²) in [4.78, 5) is 0. The fraction of sp³-hybridized carbons (Fsp3) is 1.00. The Hall–Kier alpha value is -0.180. The summed E-state index contributed by atoms with van der Waals surface area (Å²) in [5.41, 5.74) is 0. The number of halogens is 2. The monoisotopic (exact) mass is 164 g/mol. The molecule has 0 aliphatic carbocycles. The molecule has 0 bridgehead atoms. The van der Waals surface area contributed by atoms with Gasteiger partial charge in [0.15, 0.2) is 0 Å². The van der Waals surface area contributed by atoms with E-state index in [4.69, 9.17) is 4.74 Å². The third-order valence-corrected chi connectivity index (χ3v) is 2.43. The molecule has 0 radical (unpaired) electrons. The number of ether oxygens (including phenoxy) is 1. The van der Waals surface area contributed by atoms with E-state index in [2.05, 4.69) is 0 Å². The van der Waals surface area contributed by atoms with Gasteiger partial charge in [-0.2, -0.15) is 0 Å². The van der Waals surface area contributed by atoms with Gasteiger partial charge >= 0.3 is 0 Å². The van der Waals surface area contributed by atoms with E-state index in [-0.39, 0.29) is 0 Å². The van der Waals surface area contributed by atoms with E-state index in [0.29, 0.717) is 24.9 Å². The third-order valence-electron chi connectivity index (χ3n) is 2.43. The molecule has 1 saturated heterocycles. The largest absolute Gasteiger partial charge is 0.372 e. The van der Waals surface area contributed by atoms with Crippen molar-refractivity contribution in [3.05, 3.63) is 0 Å². The standard InChI is InChI=1S/C8H14F2O/c1-5-3-7(8(9)10)11-4-6(5)2/h5-8H,3-4H2,1-2H3/t5-,6+,7?/m0/s1. The van der Waals surface area contributed by atoms with Crippen LogP contribution < -0.4 is 0 Å². The summed E-state index contributed by atoms with van der Waals surface area (Å²) in [6.45, 7) is 4.52. The molecule has 0 aromatic carbocycles. The molecule has 1 heterocycles. The minimum absolute atomic E-state index is 0.364. The fourth-order valence-electron chi connectivity index (χ4n) is 1.28. The molecule has 1 nitrogen and oxygen atoms in total. The van der Waals surface area contributed by atoms with E-state index < -0.39 is 12.5 Å². The van der Waals surface area contributed by atoms with Crippen LogP contribution >= 0.6 is 0 Å². The molecule has 1 fully saturated rings. The van der Waals surface area contributed by atoms with E-state index in [1.807, 2.05) is 13.8 Å². The van der Waals surface area contributed by atoms with Crippen LogP contribution in [0.3, 0.4) is 0 Å². The maximum atomic E-state index is 12.1. The Kier molecular flexibility index (Phi) is 2.82. The van der Waals surface area contributed by atoms with Gasteiger partial charge in [0.2, 0.25) is 0 Å². The minimum atomic E-state index is -2.31. The molecule has 0 saturated carbocycles. The van der Waals surface area contributed by atoms with Gasteiger partial charge in [0, 0.05) is 0 Å². The normalized spacial score (nSPS) is 39.5. The number of hydrogen-bond acceptors (Lipinski definition) is 1. The first kappa shape index (κ1) is 8.91. The molecule has 0 spiro atoms. The van der Waals surface area contributed by atoms with Crippen molar-refractivity contribution in [2.45, 2.75) is 32.8 Å². The maximum absolute atomic E-state index is 12.1. The zero-order valence-electron chi connectivity index (χ0n) is 6.89. The van der Waals surface area contributed by atoms with Crippen LogP contribution in [-0.4, -0.2) is 19.1 Å². The van der Waals surface area contributed by atoms with Crippen molar-refractivity contribution in [3.63, 3.8) is 0 Å². The molecule has 3 atom stereocenters. The topological polar surface area (TPSA) is 9.23 Å². The van der Waals surface area contributed by atoms with Crippen LogP contribution in [0.1, 0.15) is 20.3 Å². The van der Waals surface area contributed by atoms with Crippen LogP contribution in [0.5, 0.6) is 0 Å². The molecule has 0 amide bonds. The molecule has 0 N–H and O–H groups in total. The van der Waals surface area contributed by atoms with Crippen molar-refractivity contribution in [2.75, 3.05) is 6.61 Å². The van der Waals surface area contributed by atoms with Gasteiger partial charge in [0.05, 0.1) is 6.61 Å². The van der Waals surface area contributed by atoms with Crippen molar-refractivity contribution in [3.8, 4) is 0 Å². The lowest BCUT2D eigenvalue weighted by atomic mass is 9.89. The second-order valence-electron chi connectivity index (χ2n) is 3.40. The summed E-state index contributed by atoms with van der Waals surface area (Å²) in [5, 5.41) is 0. The van der Waals surface area contributed by atoms with Crippen LogP contribution in [0.25, 0.3) is 0 Å². The predicted octanol–water partition coefficient (Wildman–Crippen LogP) is 2.31. The highest BCUT2D eigenvalue weighted by Gasteiger charge is 2.30. The van der Waals surface area contributed by atoms with Gasteiger partial charge in [0.25, 0.3) is 6.43 Å². The zero-order chi connectivity index (χ0) is 8.43. The van der Waals surface area contributed by atoms with Gasteiger partial charge in [0.1, 0.15) is 6.10 Å². The Morgan fingerprint density at radius 3 is 2.36 bits per heavy atom. The molecular weight excluding hydrogens is 150 g/mol. The zero-order valence-corrected chi connectivity index (χ0v) is 6.89. The molecule has 1 unspecified atom stereocenters. The fourth-order valence-corrected chi connectivity index (χ4v) is 1.28. The summed E-state index contributed by atoms with van der Waals surface area (Å²) in [5.74, 6) is 0.785. The van der Waals surface area contributed by atoms with Crippen LogP contribution in [-0.2, 0) is 4.74 Å². The van der Waals surface area contributed by atoms with Gasteiger partial charge in [-0.15, -0.1) is 0 Å². The molecule has 0 aromatic rings. The van der Waals surface area contributed by atoms with Crippen LogP contribution in [0.4, 0.5) is 8.78 Å². The molecule has 3 heteroatoms. The predicted molar refractivity (Wildman–Crippen MR) is 38.7 cm³/mol. The lowest BCUT2D eigenvalue weighted by Gasteiger charge is -2.31. The summed E-state index contributed by atoms with van der Waals surface area (Å²) in [6.07, 6.45) is -2.63. The second kappa shape index (κ2) is 3.48. The molecule has 1 rings (SSSR count). The Labute approximate surface area is 65.7 Å². The van der Waals surface area contributed by atoms with E-state index >= 15 is 0 Å². The molecule has 1 aliphatic heterocycles. The Morgan fingerprint density at radius 2 is 1.91 bits per heavy atom. The average Bonchev–Trinajstić information content (AvgIpc) is 1.94. The lowest BCUT2D eigenvalue weighted by Crippen LogP contribution is -2.34. The highest BCUT2D eigenvalue weighted by Crippen LogP contribution is 2.27. The van der Waals surface area contributed by atoms with Crippen LogP contribution in [0.2, 0.25) is 0 Å². The first-order valence-corrected chi connectivity index (χ1v) is 4.01. The van der Waals surface area contributed by atoms with Gasteiger partial charge in [-0.3, -0.25) is 0 Å². The quantitative estimate of drug-likeness (QED) is 0.578. The van der Waals surface area contributed by atoms with Gasteiger partial charge in [-0.1, -0.05) is 13.8 Å². The molecule has 11 heavy (non-hydrogen) atoms. The van der Waals surface area contributed by atoms with Gasteiger partial charge in [-0.25, -0.2) is 8.78 Å². The van der Waals surface area contributed by atoms with Gasteiger partial charge < -0.3 is 4.74 Å². The average molecular weight is 164 g/mol. The Bertz CT molecular complexity index is 127. The summed E-state index contributed by atoms with van der Waals surface area (Å²) in [7, 11) is 0. The lowest BCUT2D eigenvalue weighted by molar-refractivity contribution is -0.109. The van der Waals surface area contributed by atoms with E-state index in [0.717, 1.165) is 0 Å². The Morgan fingerprint density at radius 1 is 1.27 bits per heavy atom. The second-order valence-corrected chi connectivity index (χ2v) is 3.40. The third kappa shape index (κ3) is 2.12. The van der Waals surface area contributed by atoms with E-state index in [1.54, 1.807) is 0 Å². The summed E-state index contributed by atoms with van der Waals surface area (Å²) < 4.78 is 29.2. The van der Waals surface area contributed by atoms with Gasteiger partial charge in [-0.05, 0) is 18.3 Å². The first-order valence-electron chi connectivity index (χ1n) is 4.01.